The summed E-state index contributed by atoms with van der Waals surface area (Å²) >= 11 is 0. The monoisotopic (exact) mass is 467 g/mol. The van der Waals surface area contributed by atoms with Crippen LogP contribution in [-0.2, 0) is 11.0 Å². The molecule has 0 aliphatic heterocycles. The van der Waals surface area contributed by atoms with E-state index < -0.39 is 13.3 Å². The van der Waals surface area contributed by atoms with Gasteiger partial charge in [0.05, 0.1) is 0 Å². The van der Waals surface area contributed by atoms with Crippen molar-refractivity contribution >= 4 is 24.4 Å². The molecule has 0 N–H and O–H groups in total. The smallest absolute Gasteiger partial charge is 0.246 e. The van der Waals surface area contributed by atoms with Gasteiger partial charge in [-0.05, 0) is 43.5 Å². The van der Waals surface area contributed by atoms with Crippen molar-refractivity contribution in [3.8, 4) is 0 Å². The second-order valence-electron chi connectivity index (χ2n) is 8.12. The van der Waals surface area contributed by atoms with Gasteiger partial charge in [0.1, 0.15) is 0 Å². The van der Waals surface area contributed by atoms with Crippen LogP contribution in [0.25, 0.3) is 0 Å². The molecule has 0 fully saturated rings. The van der Waals surface area contributed by atoms with Crippen LogP contribution in [-0.4, -0.2) is 11.3 Å². The van der Waals surface area contributed by atoms with Gasteiger partial charge in [0, 0.05) is 22.9 Å². The largest absolute Gasteiger partial charge is 0.294 e. The third kappa shape index (κ3) is 6.43. The molecule has 1 unspecified atom stereocenters. The molecule has 0 aliphatic rings. The Morgan fingerprint density at radius 1 is 0.676 bits per heavy atom. The van der Waals surface area contributed by atoms with E-state index in [2.05, 4.69) is 0 Å². The predicted octanol–water partition coefficient (Wildman–Crippen LogP) is 7.02. The maximum Gasteiger partial charge on any atom is 0.246 e. The maximum atomic E-state index is 13.0. The van der Waals surface area contributed by atoms with Gasteiger partial charge in [0.15, 0.2) is 13.6 Å². The highest BCUT2D eigenvalue weighted by atomic mass is 31.1. The van der Waals surface area contributed by atoms with Gasteiger partial charge in [0.25, 0.3) is 0 Å². The normalized spacial score (nSPS) is 10.6. The highest BCUT2D eigenvalue weighted by Gasteiger charge is 2.22. The average Bonchev–Trinajstić information content (AvgIpc) is 2.85. The van der Waals surface area contributed by atoms with Crippen LogP contribution in [0.15, 0.2) is 103 Å². The molecule has 4 aromatic carbocycles. The minimum absolute atomic E-state index is 0.0296. The molecule has 0 saturated carbocycles. The number of carbonyl (C=O) groups is 2. The third-order valence-corrected chi connectivity index (χ3v) is 6.89. The number of hydrogen-bond acceptors (Lipinski definition) is 3. The molecule has 4 rings (SSSR count). The Hall–Kier alpha value is -3.68. The van der Waals surface area contributed by atoms with Crippen molar-refractivity contribution in [1.29, 1.82) is 0 Å². The topological polar surface area (TPSA) is 51.2 Å². The number of rotatable bonds is 6. The molecule has 4 heteroatoms. The fraction of sp³-hybridized carbons (Fsp3) is 0.133. The lowest BCUT2D eigenvalue weighted by atomic mass is 9.93. The van der Waals surface area contributed by atoms with E-state index in [1.54, 1.807) is 48.5 Å². The lowest BCUT2D eigenvalue weighted by molar-refractivity contribution is 0.0991. The van der Waals surface area contributed by atoms with Gasteiger partial charge in [-0.3, -0.25) is 14.2 Å². The first-order valence-corrected chi connectivity index (χ1v) is 12.4. The standard InChI is InChI=1S/C24H22O3P.C6H6/c1-16-13-17(2)23(18(3)14-16)21(25)15-20-11-7-8-12-22(20)28(27)24(26)19-9-5-4-6-10-19;1-2-4-6-5-3-1/h4-14H,15H2,1-3H3;1-6H. The van der Waals surface area contributed by atoms with Crippen LogP contribution in [0.4, 0.5) is 0 Å². The van der Waals surface area contributed by atoms with E-state index in [-0.39, 0.29) is 12.2 Å². The minimum Gasteiger partial charge on any atom is -0.294 e. The first-order valence-electron chi connectivity index (χ1n) is 11.1. The Kier molecular flexibility index (Phi) is 8.79. The molecule has 34 heavy (non-hydrogen) atoms. The van der Waals surface area contributed by atoms with E-state index in [9.17, 15) is 14.2 Å². The van der Waals surface area contributed by atoms with E-state index in [0.717, 1.165) is 16.7 Å². The van der Waals surface area contributed by atoms with Gasteiger partial charge in [-0.15, -0.1) is 0 Å². The van der Waals surface area contributed by atoms with Crippen molar-refractivity contribution in [2.24, 2.45) is 0 Å². The van der Waals surface area contributed by atoms with Crippen molar-refractivity contribution in [2.75, 3.05) is 0 Å². The zero-order chi connectivity index (χ0) is 24.5. The SMILES string of the molecule is Cc1cc(C)c(C(=O)Cc2ccccc2[P](=O)C(=O)c2ccccc2)c(C)c1.c1ccccc1. The van der Waals surface area contributed by atoms with E-state index in [4.69, 9.17) is 0 Å². The Balaban J connectivity index is 0.000000469. The number of hydrogen-bond donors (Lipinski definition) is 0. The summed E-state index contributed by atoms with van der Waals surface area (Å²) < 4.78 is 12.9. The molecule has 171 valence electrons. The van der Waals surface area contributed by atoms with Gasteiger partial charge in [0.2, 0.25) is 5.52 Å². The average molecular weight is 468 g/mol. The number of carbonyl (C=O) groups excluding carboxylic acids is 2. The number of benzene rings is 4. The van der Waals surface area contributed by atoms with Crippen LogP contribution in [0.3, 0.4) is 0 Å². The quantitative estimate of drug-likeness (QED) is 0.226. The molecule has 0 aromatic heterocycles. The Morgan fingerprint density at radius 2 is 1.15 bits per heavy atom. The van der Waals surface area contributed by atoms with Crippen molar-refractivity contribution in [3.63, 3.8) is 0 Å². The Bertz CT molecular complexity index is 1250. The van der Waals surface area contributed by atoms with Gasteiger partial charge in [-0.2, -0.15) is 0 Å². The summed E-state index contributed by atoms with van der Waals surface area (Å²) in [6, 6.07) is 31.6. The summed E-state index contributed by atoms with van der Waals surface area (Å²) in [6.07, 6.45) is 0.115. The van der Waals surface area contributed by atoms with E-state index in [1.165, 1.54) is 0 Å². The highest BCUT2D eigenvalue weighted by Crippen LogP contribution is 2.28. The molecule has 0 amide bonds. The van der Waals surface area contributed by atoms with Crippen LogP contribution in [0.1, 0.15) is 43.0 Å². The maximum absolute atomic E-state index is 13.0. The molecular weight excluding hydrogens is 439 g/mol. The zero-order valence-corrected chi connectivity index (χ0v) is 20.6. The second kappa shape index (κ2) is 12.0. The molecule has 0 heterocycles. The van der Waals surface area contributed by atoms with Crippen LogP contribution in [0, 0.1) is 20.8 Å². The summed E-state index contributed by atoms with van der Waals surface area (Å²) in [5.41, 5.74) is 4.31. The van der Waals surface area contributed by atoms with Crippen molar-refractivity contribution in [2.45, 2.75) is 27.2 Å². The molecular formula is C30H28O3P. The van der Waals surface area contributed by atoms with E-state index in [1.807, 2.05) is 75.4 Å². The van der Waals surface area contributed by atoms with Crippen molar-refractivity contribution in [1.82, 2.24) is 0 Å². The van der Waals surface area contributed by atoms with Gasteiger partial charge >= 0.3 is 0 Å². The lowest BCUT2D eigenvalue weighted by Crippen LogP contribution is -2.15. The molecule has 0 bridgehead atoms. The third-order valence-electron chi connectivity index (χ3n) is 5.39. The van der Waals surface area contributed by atoms with Crippen molar-refractivity contribution in [3.05, 3.63) is 137 Å². The summed E-state index contributed by atoms with van der Waals surface area (Å²) in [5.74, 6) is -0.0296. The lowest BCUT2D eigenvalue weighted by Gasteiger charge is -2.12. The highest BCUT2D eigenvalue weighted by molar-refractivity contribution is 7.71. The minimum atomic E-state index is -2.30. The van der Waals surface area contributed by atoms with Gasteiger partial charge in [-0.1, -0.05) is 103 Å². The van der Waals surface area contributed by atoms with E-state index >= 15 is 0 Å². The van der Waals surface area contributed by atoms with Crippen LogP contribution >= 0.6 is 7.80 Å². The Morgan fingerprint density at radius 3 is 1.71 bits per heavy atom. The number of Topliss-reactive ketones (excluding diaryl/α,β-unsaturated/α-hetero) is 1. The van der Waals surface area contributed by atoms with E-state index in [0.29, 0.717) is 22.0 Å². The summed E-state index contributed by atoms with van der Waals surface area (Å²) in [6.45, 7) is 5.86. The van der Waals surface area contributed by atoms with Crippen LogP contribution in [0.2, 0.25) is 0 Å². The van der Waals surface area contributed by atoms with Gasteiger partial charge < -0.3 is 0 Å². The summed E-state index contributed by atoms with van der Waals surface area (Å²) in [5, 5.41) is 0.433. The van der Waals surface area contributed by atoms with Crippen molar-refractivity contribution < 1.29 is 14.2 Å². The molecule has 0 aliphatic carbocycles. The predicted molar refractivity (Wildman–Crippen MR) is 140 cm³/mol. The van der Waals surface area contributed by atoms with Crippen LogP contribution < -0.4 is 5.30 Å². The number of ketones is 1. The van der Waals surface area contributed by atoms with Crippen LogP contribution in [0.5, 0.6) is 0 Å². The second-order valence-corrected chi connectivity index (χ2v) is 9.60. The molecule has 0 spiro atoms. The fourth-order valence-electron chi connectivity index (χ4n) is 3.93. The first kappa shape index (κ1) is 25.0. The molecule has 0 saturated heterocycles. The fourth-order valence-corrected chi connectivity index (χ4v) is 5.17. The summed E-state index contributed by atoms with van der Waals surface area (Å²) in [4.78, 5) is 25.6. The molecule has 4 aromatic rings. The van der Waals surface area contributed by atoms with Gasteiger partial charge in [-0.25, -0.2) is 0 Å². The summed E-state index contributed by atoms with van der Waals surface area (Å²) in [7, 11) is -2.30. The first-order chi connectivity index (χ1) is 16.4. The zero-order valence-electron chi connectivity index (χ0n) is 19.7. The Labute approximate surface area is 202 Å². The number of aryl methyl sites for hydroxylation is 3. The molecule has 1 radical (unpaired) electrons. The molecule has 1 atom stereocenters. The molecule has 3 nitrogen and oxygen atoms in total.